The van der Waals surface area contributed by atoms with Gasteiger partial charge in [-0.1, -0.05) is 29.8 Å². The molecule has 5 rings (SSSR count). The van der Waals surface area contributed by atoms with E-state index in [-0.39, 0.29) is 17.7 Å². The van der Waals surface area contributed by atoms with Crippen LogP contribution in [0, 0.1) is 25.5 Å². The van der Waals surface area contributed by atoms with Gasteiger partial charge in [0, 0.05) is 22.9 Å². The van der Waals surface area contributed by atoms with Crippen LogP contribution in [0.2, 0.25) is 5.02 Å². The van der Waals surface area contributed by atoms with Crippen LogP contribution in [0.5, 0.6) is 5.75 Å². The average Bonchev–Trinajstić information content (AvgIpc) is 2.95. The topological polar surface area (TPSA) is 97.6 Å². The number of fused-ring (bicyclic) bond motifs is 6. The number of hydrogen-bond acceptors (Lipinski definition) is 4. The highest BCUT2D eigenvalue weighted by molar-refractivity contribution is 6.31. The van der Waals surface area contributed by atoms with Gasteiger partial charge in [0.2, 0.25) is 5.91 Å². The standard InChI is InChI=1S/C32H24ClF5N2O5/c1-15-4-3-5-24-26(15)18-10-16(2)28(35)20(12-18)23(13-25(41)42)39-30(43)29(19-11-17(14-45-24)6-7-22(19)34)40-9-8-21(32(36,37)38)27(33)31(40)44/h3-12,23,29H,13-14H2,1-2H3,(H,39,43)(H,41,42). The SMILES string of the molecule is Cc1cc2cc(c1F)C(CC(=O)O)NC(=O)C(n1ccc(C(F)(F)F)c(Cl)c1=O)c1cc(ccc1F)COc1cccc(C)c1-2. The van der Waals surface area contributed by atoms with Crippen LogP contribution in [0.1, 0.15) is 51.9 Å². The molecule has 0 aliphatic carbocycles. The number of nitrogens with zero attached hydrogens (tertiary/aromatic N) is 1. The van der Waals surface area contributed by atoms with Gasteiger partial charge in [-0.05, 0) is 72.5 Å². The Bertz CT molecular complexity index is 1910. The van der Waals surface area contributed by atoms with E-state index in [0.717, 1.165) is 11.6 Å². The van der Waals surface area contributed by atoms with E-state index >= 15 is 8.78 Å². The fourth-order valence-corrected chi connectivity index (χ4v) is 5.68. The Morgan fingerprint density at radius 1 is 1.04 bits per heavy atom. The van der Waals surface area contributed by atoms with Gasteiger partial charge >= 0.3 is 12.1 Å². The minimum absolute atomic E-state index is 0.118. The molecule has 234 valence electrons. The molecule has 2 heterocycles. The first-order valence-electron chi connectivity index (χ1n) is 13.5. The molecule has 4 bridgehead atoms. The second-order valence-electron chi connectivity index (χ2n) is 10.6. The Morgan fingerprint density at radius 3 is 2.47 bits per heavy atom. The van der Waals surface area contributed by atoms with Crippen LogP contribution < -0.4 is 15.6 Å². The minimum atomic E-state index is -5.01. The highest BCUT2D eigenvalue weighted by atomic mass is 35.5. The van der Waals surface area contributed by atoms with Crippen molar-refractivity contribution in [2.75, 3.05) is 0 Å². The number of aryl methyl sites for hydroxylation is 2. The van der Waals surface area contributed by atoms with E-state index in [4.69, 9.17) is 16.3 Å². The molecule has 3 aromatic carbocycles. The van der Waals surface area contributed by atoms with Crippen molar-refractivity contribution in [3.8, 4) is 16.9 Å². The predicted octanol–water partition coefficient (Wildman–Crippen LogP) is 6.90. The number of benzene rings is 3. The van der Waals surface area contributed by atoms with Crippen molar-refractivity contribution in [2.24, 2.45) is 0 Å². The lowest BCUT2D eigenvalue weighted by Gasteiger charge is -2.27. The molecule has 0 radical (unpaired) electrons. The van der Waals surface area contributed by atoms with Gasteiger partial charge < -0.3 is 15.2 Å². The molecular weight excluding hydrogens is 623 g/mol. The number of hydrogen-bond donors (Lipinski definition) is 2. The highest BCUT2D eigenvalue weighted by Gasteiger charge is 2.37. The van der Waals surface area contributed by atoms with Crippen LogP contribution in [-0.4, -0.2) is 21.6 Å². The third-order valence-corrected chi connectivity index (χ3v) is 7.88. The van der Waals surface area contributed by atoms with Crippen molar-refractivity contribution in [3.05, 3.63) is 121 Å². The van der Waals surface area contributed by atoms with Crippen LogP contribution in [0.15, 0.2) is 65.6 Å². The summed E-state index contributed by atoms with van der Waals surface area (Å²) >= 11 is 5.81. The van der Waals surface area contributed by atoms with Crippen LogP contribution in [-0.2, 0) is 22.4 Å². The number of carboxylic acids is 1. The first-order valence-corrected chi connectivity index (χ1v) is 13.9. The molecule has 1 aromatic heterocycles. The summed E-state index contributed by atoms with van der Waals surface area (Å²) in [6.45, 7) is 3.10. The first-order chi connectivity index (χ1) is 21.2. The molecule has 2 N–H and O–H groups in total. The zero-order valence-electron chi connectivity index (χ0n) is 23.6. The quantitative estimate of drug-likeness (QED) is 0.236. The molecule has 4 aromatic rings. The Labute approximate surface area is 257 Å². The number of carbonyl (C=O) groups excluding carboxylic acids is 1. The smallest absolute Gasteiger partial charge is 0.418 e. The van der Waals surface area contributed by atoms with Crippen LogP contribution in [0.25, 0.3) is 11.1 Å². The summed E-state index contributed by atoms with van der Waals surface area (Å²) in [4.78, 5) is 39.1. The van der Waals surface area contributed by atoms with Gasteiger partial charge in [-0.2, -0.15) is 13.2 Å². The number of alkyl halides is 3. The number of halogens is 6. The number of aliphatic carboxylic acids is 1. The van der Waals surface area contributed by atoms with Crippen molar-refractivity contribution in [1.82, 2.24) is 9.88 Å². The van der Waals surface area contributed by atoms with Gasteiger partial charge in [0.05, 0.1) is 18.0 Å². The number of amides is 1. The third-order valence-electron chi connectivity index (χ3n) is 7.52. The number of aromatic nitrogens is 1. The third kappa shape index (κ3) is 6.15. The summed E-state index contributed by atoms with van der Waals surface area (Å²) in [5.41, 5.74) is -1.38. The van der Waals surface area contributed by atoms with Crippen molar-refractivity contribution in [1.29, 1.82) is 0 Å². The van der Waals surface area contributed by atoms with E-state index in [9.17, 15) is 32.7 Å². The fourth-order valence-electron chi connectivity index (χ4n) is 5.41. The number of rotatable bonds is 3. The maximum absolute atomic E-state index is 15.7. The minimum Gasteiger partial charge on any atom is -0.488 e. The fraction of sp³-hybridized carbons (Fsp3) is 0.219. The van der Waals surface area contributed by atoms with E-state index in [1.54, 1.807) is 31.2 Å². The monoisotopic (exact) mass is 646 g/mol. The Balaban J connectivity index is 1.79. The number of carbonyl (C=O) groups is 2. The van der Waals surface area contributed by atoms with Gasteiger partial charge in [0.15, 0.2) is 0 Å². The Hall–Kier alpha value is -4.71. The second kappa shape index (κ2) is 12.0. The normalized spacial score (nSPS) is 16.7. The maximum Gasteiger partial charge on any atom is 0.418 e. The number of carboxylic acid groups (broad SMARTS) is 1. The Morgan fingerprint density at radius 2 is 1.78 bits per heavy atom. The molecule has 45 heavy (non-hydrogen) atoms. The lowest BCUT2D eigenvalue weighted by atomic mass is 9.91. The number of nitrogens with one attached hydrogen (secondary N) is 1. The number of ether oxygens (including phenoxy) is 1. The molecule has 0 saturated carbocycles. The summed E-state index contributed by atoms with van der Waals surface area (Å²) in [6, 6.07) is 8.60. The Kier molecular flexibility index (Phi) is 8.45. The summed E-state index contributed by atoms with van der Waals surface area (Å²) in [5.74, 6) is -4.09. The van der Waals surface area contributed by atoms with E-state index in [2.05, 4.69) is 5.32 Å². The van der Waals surface area contributed by atoms with Gasteiger partial charge in [-0.25, -0.2) is 8.78 Å². The van der Waals surface area contributed by atoms with E-state index in [1.165, 1.54) is 25.1 Å². The van der Waals surface area contributed by atoms with Gasteiger partial charge in [0.1, 0.15) is 35.1 Å². The molecule has 0 fully saturated rings. The molecular formula is C32H24ClF5N2O5. The molecule has 13 heteroatoms. The molecule has 1 aliphatic rings. The summed E-state index contributed by atoms with van der Waals surface area (Å²) in [6.07, 6.45) is -5.20. The highest BCUT2D eigenvalue weighted by Crippen LogP contribution is 2.38. The van der Waals surface area contributed by atoms with Gasteiger partial charge in [0.25, 0.3) is 5.56 Å². The van der Waals surface area contributed by atoms with E-state index < -0.39 is 69.9 Å². The zero-order chi connectivity index (χ0) is 32.8. The largest absolute Gasteiger partial charge is 0.488 e. The maximum atomic E-state index is 15.7. The van der Waals surface area contributed by atoms with E-state index in [1.807, 2.05) is 0 Å². The second-order valence-corrected chi connectivity index (χ2v) is 11.0. The van der Waals surface area contributed by atoms with E-state index in [0.29, 0.717) is 39.3 Å². The van der Waals surface area contributed by atoms with Crippen molar-refractivity contribution < 1.29 is 41.4 Å². The molecule has 2 atom stereocenters. The van der Waals surface area contributed by atoms with Crippen molar-refractivity contribution >= 4 is 23.5 Å². The summed E-state index contributed by atoms with van der Waals surface area (Å²) in [7, 11) is 0. The van der Waals surface area contributed by atoms with Gasteiger partial charge in [-0.15, -0.1) is 0 Å². The van der Waals surface area contributed by atoms with Crippen LogP contribution in [0.3, 0.4) is 0 Å². The predicted molar refractivity (Wildman–Crippen MR) is 154 cm³/mol. The summed E-state index contributed by atoms with van der Waals surface area (Å²) < 4.78 is 78.2. The van der Waals surface area contributed by atoms with Crippen LogP contribution in [0.4, 0.5) is 22.0 Å². The molecule has 7 nitrogen and oxygen atoms in total. The van der Waals surface area contributed by atoms with Crippen LogP contribution >= 0.6 is 11.6 Å². The molecule has 0 saturated heterocycles. The average molecular weight is 647 g/mol. The molecule has 0 spiro atoms. The summed E-state index contributed by atoms with van der Waals surface area (Å²) in [5, 5.41) is 10.9. The number of pyridine rings is 1. The molecule has 2 unspecified atom stereocenters. The van der Waals surface area contributed by atoms with Crippen molar-refractivity contribution in [3.63, 3.8) is 0 Å². The zero-order valence-corrected chi connectivity index (χ0v) is 24.4. The first kappa shape index (κ1) is 31.7. The van der Waals surface area contributed by atoms with Crippen molar-refractivity contribution in [2.45, 2.75) is 45.1 Å². The van der Waals surface area contributed by atoms with Gasteiger partial charge in [-0.3, -0.25) is 19.0 Å². The molecule has 1 aliphatic heterocycles. The lowest BCUT2D eigenvalue weighted by molar-refractivity contribution is -0.138. The molecule has 1 amide bonds. The lowest BCUT2D eigenvalue weighted by Crippen LogP contribution is -2.41.